The molecule has 2 amide bonds. The number of carbonyl (C=O) groups excluding carboxylic acids is 2. The summed E-state index contributed by atoms with van der Waals surface area (Å²) in [6, 6.07) is 7.31. The van der Waals surface area contributed by atoms with Crippen LogP contribution in [0.15, 0.2) is 35.9 Å². The normalized spacial score (nSPS) is 23.5. The van der Waals surface area contributed by atoms with Gasteiger partial charge in [0.05, 0.1) is 7.11 Å². The predicted octanol–water partition coefficient (Wildman–Crippen LogP) is 4.24. The van der Waals surface area contributed by atoms with Gasteiger partial charge in [-0.25, -0.2) is 0 Å². The van der Waals surface area contributed by atoms with Crippen LogP contribution in [0.25, 0.3) is 0 Å². The highest BCUT2D eigenvalue weighted by Crippen LogP contribution is 2.34. The van der Waals surface area contributed by atoms with E-state index in [1.165, 1.54) is 18.4 Å². The number of ether oxygens (including phenoxy) is 1. The molecule has 1 aromatic carbocycles. The highest BCUT2D eigenvalue weighted by atomic mass is 16.5. The molecule has 29 heavy (non-hydrogen) atoms. The number of rotatable bonds is 6. The minimum Gasteiger partial charge on any atom is -0.497 e. The zero-order valence-electron chi connectivity index (χ0n) is 17.4. The fraction of sp³-hybridized carbons (Fsp3) is 0.583. The predicted molar refractivity (Wildman–Crippen MR) is 113 cm³/mol. The zero-order valence-corrected chi connectivity index (χ0v) is 17.4. The summed E-state index contributed by atoms with van der Waals surface area (Å²) >= 11 is 0. The van der Waals surface area contributed by atoms with Crippen LogP contribution in [0.5, 0.6) is 5.75 Å². The SMILES string of the molecule is COc1ccc(C2C(=O)N(C3CCCC3)CC(=O)N2CCC2=CCCCC2)cc1. The van der Waals surface area contributed by atoms with Gasteiger partial charge in [0.1, 0.15) is 18.3 Å². The Morgan fingerprint density at radius 2 is 1.79 bits per heavy atom. The van der Waals surface area contributed by atoms with E-state index in [9.17, 15) is 9.59 Å². The van der Waals surface area contributed by atoms with Gasteiger partial charge in [-0.15, -0.1) is 0 Å². The smallest absolute Gasteiger partial charge is 0.250 e. The van der Waals surface area contributed by atoms with Crippen LogP contribution < -0.4 is 4.74 Å². The Kier molecular flexibility index (Phi) is 6.22. The molecule has 3 aliphatic rings. The first-order valence-electron chi connectivity index (χ1n) is 11.1. The van der Waals surface area contributed by atoms with Crippen molar-refractivity contribution in [2.24, 2.45) is 0 Å². The molecule has 1 unspecified atom stereocenters. The van der Waals surface area contributed by atoms with Crippen molar-refractivity contribution in [3.05, 3.63) is 41.5 Å². The molecular weight excluding hydrogens is 364 g/mol. The summed E-state index contributed by atoms with van der Waals surface area (Å²) in [7, 11) is 1.64. The fourth-order valence-electron chi connectivity index (χ4n) is 5.03. The van der Waals surface area contributed by atoms with Crippen molar-refractivity contribution in [3.63, 3.8) is 0 Å². The molecule has 0 spiro atoms. The lowest BCUT2D eigenvalue weighted by atomic mass is 9.95. The number of methoxy groups -OCH3 is 1. The molecule has 0 aromatic heterocycles. The van der Waals surface area contributed by atoms with E-state index in [0.717, 1.165) is 56.3 Å². The van der Waals surface area contributed by atoms with E-state index in [-0.39, 0.29) is 24.4 Å². The van der Waals surface area contributed by atoms with Crippen LogP contribution in [0.2, 0.25) is 0 Å². The second-order valence-corrected chi connectivity index (χ2v) is 8.53. The van der Waals surface area contributed by atoms with Crippen molar-refractivity contribution < 1.29 is 14.3 Å². The van der Waals surface area contributed by atoms with Gasteiger partial charge in [0, 0.05) is 12.6 Å². The van der Waals surface area contributed by atoms with E-state index in [0.29, 0.717) is 6.54 Å². The van der Waals surface area contributed by atoms with Crippen molar-refractivity contribution in [1.29, 1.82) is 0 Å². The highest BCUT2D eigenvalue weighted by molar-refractivity contribution is 5.95. The van der Waals surface area contributed by atoms with Crippen LogP contribution in [-0.2, 0) is 9.59 Å². The number of benzene rings is 1. The molecule has 1 atom stereocenters. The maximum absolute atomic E-state index is 13.6. The molecule has 5 heteroatoms. The molecule has 156 valence electrons. The summed E-state index contributed by atoms with van der Waals surface area (Å²) in [5, 5.41) is 0. The van der Waals surface area contributed by atoms with E-state index >= 15 is 0 Å². The number of piperazine rings is 1. The molecule has 1 aliphatic heterocycles. The average Bonchev–Trinajstić information content (AvgIpc) is 3.29. The Labute approximate surface area is 173 Å². The maximum atomic E-state index is 13.6. The van der Waals surface area contributed by atoms with Gasteiger partial charge in [0.15, 0.2) is 0 Å². The molecule has 1 heterocycles. The molecule has 1 saturated carbocycles. The zero-order chi connectivity index (χ0) is 20.2. The number of nitrogens with zero attached hydrogens (tertiary/aromatic N) is 2. The molecule has 2 aliphatic carbocycles. The van der Waals surface area contributed by atoms with Crippen LogP contribution in [0, 0.1) is 0 Å². The standard InChI is InChI=1S/C24H32N2O3/c1-29-21-13-11-19(12-14-21)23-24(28)26(20-9-5-6-10-20)17-22(27)25(23)16-15-18-7-3-2-4-8-18/h7,11-14,20,23H,2-6,8-10,15-17H2,1H3. The van der Waals surface area contributed by atoms with E-state index < -0.39 is 6.04 Å². The van der Waals surface area contributed by atoms with Crippen molar-refractivity contribution in [2.75, 3.05) is 20.2 Å². The first-order valence-corrected chi connectivity index (χ1v) is 11.1. The molecule has 0 radical (unpaired) electrons. The van der Waals surface area contributed by atoms with E-state index in [1.807, 2.05) is 34.1 Å². The van der Waals surface area contributed by atoms with Gasteiger partial charge in [0.2, 0.25) is 5.91 Å². The average molecular weight is 397 g/mol. The lowest BCUT2D eigenvalue weighted by Crippen LogP contribution is -2.58. The third-order valence-corrected chi connectivity index (χ3v) is 6.71. The van der Waals surface area contributed by atoms with Crippen LogP contribution in [0.1, 0.15) is 69.4 Å². The quantitative estimate of drug-likeness (QED) is 0.676. The Morgan fingerprint density at radius 1 is 1.03 bits per heavy atom. The first-order chi connectivity index (χ1) is 14.2. The minimum atomic E-state index is -0.521. The molecule has 5 nitrogen and oxygen atoms in total. The highest BCUT2D eigenvalue weighted by Gasteiger charge is 2.43. The van der Waals surface area contributed by atoms with Crippen molar-refractivity contribution in [3.8, 4) is 5.75 Å². The summed E-state index contributed by atoms with van der Waals surface area (Å²) < 4.78 is 5.28. The summed E-state index contributed by atoms with van der Waals surface area (Å²) in [4.78, 5) is 30.4. The van der Waals surface area contributed by atoms with Gasteiger partial charge in [-0.2, -0.15) is 0 Å². The van der Waals surface area contributed by atoms with Gasteiger partial charge < -0.3 is 14.5 Å². The number of hydrogen-bond acceptors (Lipinski definition) is 3. The van der Waals surface area contributed by atoms with E-state index in [4.69, 9.17) is 4.74 Å². The largest absolute Gasteiger partial charge is 0.497 e. The molecule has 4 rings (SSSR count). The first kappa shape index (κ1) is 20.0. The molecule has 0 N–H and O–H groups in total. The maximum Gasteiger partial charge on any atom is 0.250 e. The summed E-state index contributed by atoms with van der Waals surface area (Å²) in [5.74, 6) is 0.919. The number of allylic oxidation sites excluding steroid dienone is 1. The molecule has 1 aromatic rings. The van der Waals surface area contributed by atoms with Crippen molar-refractivity contribution in [1.82, 2.24) is 9.80 Å². The molecule has 0 bridgehead atoms. The van der Waals surface area contributed by atoms with Crippen molar-refractivity contribution in [2.45, 2.75) is 69.9 Å². The van der Waals surface area contributed by atoms with Gasteiger partial charge in [-0.05, 0) is 62.6 Å². The molecule has 2 fully saturated rings. The third-order valence-electron chi connectivity index (χ3n) is 6.71. The molecule has 1 saturated heterocycles. The monoisotopic (exact) mass is 396 g/mol. The lowest BCUT2D eigenvalue weighted by Gasteiger charge is -2.43. The van der Waals surface area contributed by atoms with Crippen LogP contribution >= 0.6 is 0 Å². The molecular formula is C24H32N2O3. The third kappa shape index (κ3) is 4.34. The number of carbonyl (C=O) groups is 2. The van der Waals surface area contributed by atoms with Crippen LogP contribution in [0.4, 0.5) is 0 Å². The van der Waals surface area contributed by atoms with E-state index in [2.05, 4.69) is 6.08 Å². The second kappa shape index (κ2) is 9.02. The van der Waals surface area contributed by atoms with E-state index in [1.54, 1.807) is 7.11 Å². The fourth-order valence-corrected chi connectivity index (χ4v) is 5.03. The summed E-state index contributed by atoms with van der Waals surface area (Å²) in [6.07, 6.45) is 12.3. The van der Waals surface area contributed by atoms with Gasteiger partial charge in [-0.1, -0.05) is 36.6 Å². The Balaban J connectivity index is 1.58. The number of hydrogen-bond donors (Lipinski definition) is 0. The van der Waals surface area contributed by atoms with Crippen LogP contribution in [0.3, 0.4) is 0 Å². The van der Waals surface area contributed by atoms with Gasteiger partial charge in [0.25, 0.3) is 5.91 Å². The summed E-state index contributed by atoms with van der Waals surface area (Å²) in [5.41, 5.74) is 2.31. The Hall–Kier alpha value is -2.30. The second-order valence-electron chi connectivity index (χ2n) is 8.53. The minimum absolute atomic E-state index is 0.0775. The Bertz CT molecular complexity index is 765. The Morgan fingerprint density at radius 3 is 2.45 bits per heavy atom. The van der Waals surface area contributed by atoms with Crippen LogP contribution in [-0.4, -0.2) is 47.9 Å². The topological polar surface area (TPSA) is 49.9 Å². The number of amides is 2. The van der Waals surface area contributed by atoms with Gasteiger partial charge in [-0.3, -0.25) is 9.59 Å². The van der Waals surface area contributed by atoms with Gasteiger partial charge >= 0.3 is 0 Å². The lowest BCUT2D eigenvalue weighted by molar-refractivity contribution is -0.158. The van der Waals surface area contributed by atoms with Crippen molar-refractivity contribution >= 4 is 11.8 Å². The summed E-state index contributed by atoms with van der Waals surface area (Å²) in [6.45, 7) is 0.848.